The number of hydrogen-bond acceptors (Lipinski definition) is 4. The lowest BCUT2D eigenvalue weighted by Crippen LogP contribution is -1.94. The molecule has 0 bridgehead atoms. The highest BCUT2D eigenvalue weighted by Crippen LogP contribution is 2.24. The zero-order valence-corrected chi connectivity index (χ0v) is 12.1. The van der Waals surface area contributed by atoms with Crippen LogP contribution < -0.4 is 4.74 Å². The highest BCUT2D eigenvalue weighted by atomic mass is 35.5. The molecule has 0 N–H and O–H groups in total. The molecule has 0 saturated heterocycles. The summed E-state index contributed by atoms with van der Waals surface area (Å²) < 4.78 is 5.05. The Morgan fingerprint density at radius 3 is 2.43 bits per heavy atom. The van der Waals surface area contributed by atoms with Crippen LogP contribution in [0, 0.1) is 0 Å². The quantitative estimate of drug-likeness (QED) is 0.689. The van der Waals surface area contributed by atoms with E-state index in [-0.39, 0.29) is 0 Å². The SMILES string of the molecule is COc1ccc(-c2cc(Cl)nc(-c3ccccc3)n2)cn1. The highest BCUT2D eigenvalue weighted by Gasteiger charge is 2.08. The van der Waals surface area contributed by atoms with E-state index >= 15 is 0 Å². The molecule has 0 saturated carbocycles. The van der Waals surface area contributed by atoms with Gasteiger partial charge in [-0.3, -0.25) is 0 Å². The van der Waals surface area contributed by atoms with Gasteiger partial charge in [0.15, 0.2) is 5.82 Å². The molecule has 2 aromatic heterocycles. The van der Waals surface area contributed by atoms with Crippen LogP contribution in [0.5, 0.6) is 5.88 Å². The summed E-state index contributed by atoms with van der Waals surface area (Å²) in [6.07, 6.45) is 1.70. The average molecular weight is 298 g/mol. The van der Waals surface area contributed by atoms with E-state index in [0.29, 0.717) is 16.9 Å². The van der Waals surface area contributed by atoms with Crippen molar-refractivity contribution in [3.05, 3.63) is 59.9 Å². The minimum Gasteiger partial charge on any atom is -0.481 e. The van der Waals surface area contributed by atoms with E-state index in [0.717, 1.165) is 16.8 Å². The standard InChI is InChI=1S/C16H12ClN3O/c1-21-15-8-7-12(10-18-15)13-9-14(17)20-16(19-13)11-5-3-2-4-6-11/h2-10H,1H3. The Bertz CT molecular complexity index is 745. The second kappa shape index (κ2) is 5.89. The van der Waals surface area contributed by atoms with Crippen molar-refractivity contribution in [2.45, 2.75) is 0 Å². The number of nitrogens with zero attached hydrogens (tertiary/aromatic N) is 3. The van der Waals surface area contributed by atoms with E-state index in [9.17, 15) is 0 Å². The number of benzene rings is 1. The fourth-order valence-corrected chi connectivity index (χ4v) is 2.12. The first kappa shape index (κ1) is 13.5. The second-order valence-electron chi connectivity index (χ2n) is 4.35. The molecule has 0 aliphatic heterocycles. The third-order valence-corrected chi connectivity index (χ3v) is 3.16. The van der Waals surface area contributed by atoms with E-state index in [1.165, 1.54) is 0 Å². The number of methoxy groups -OCH3 is 1. The van der Waals surface area contributed by atoms with Crippen molar-refractivity contribution in [3.63, 3.8) is 0 Å². The predicted octanol–water partition coefficient (Wildman–Crippen LogP) is 3.87. The lowest BCUT2D eigenvalue weighted by Gasteiger charge is -2.06. The Morgan fingerprint density at radius 1 is 0.952 bits per heavy atom. The first-order valence-electron chi connectivity index (χ1n) is 6.36. The highest BCUT2D eigenvalue weighted by molar-refractivity contribution is 6.29. The van der Waals surface area contributed by atoms with Crippen molar-refractivity contribution >= 4 is 11.6 Å². The fraction of sp³-hybridized carbons (Fsp3) is 0.0625. The minimum absolute atomic E-state index is 0.398. The Labute approximate surface area is 127 Å². The van der Waals surface area contributed by atoms with E-state index in [1.807, 2.05) is 36.4 Å². The van der Waals surface area contributed by atoms with Crippen LogP contribution in [-0.4, -0.2) is 22.1 Å². The summed E-state index contributed by atoms with van der Waals surface area (Å²) in [4.78, 5) is 13.0. The molecule has 21 heavy (non-hydrogen) atoms. The predicted molar refractivity (Wildman–Crippen MR) is 82.3 cm³/mol. The summed E-state index contributed by atoms with van der Waals surface area (Å²) >= 11 is 6.11. The zero-order valence-electron chi connectivity index (χ0n) is 11.3. The normalized spacial score (nSPS) is 10.4. The molecule has 104 valence electrons. The monoisotopic (exact) mass is 297 g/mol. The zero-order chi connectivity index (χ0) is 14.7. The van der Waals surface area contributed by atoms with Gasteiger partial charge in [-0.15, -0.1) is 0 Å². The Morgan fingerprint density at radius 2 is 1.76 bits per heavy atom. The first-order valence-corrected chi connectivity index (χ1v) is 6.74. The van der Waals surface area contributed by atoms with Crippen molar-refractivity contribution in [3.8, 4) is 28.5 Å². The van der Waals surface area contributed by atoms with Crippen LogP contribution in [-0.2, 0) is 0 Å². The lowest BCUT2D eigenvalue weighted by molar-refractivity contribution is 0.398. The average Bonchev–Trinajstić information content (AvgIpc) is 2.55. The third-order valence-electron chi connectivity index (χ3n) is 2.97. The topological polar surface area (TPSA) is 47.9 Å². The van der Waals surface area contributed by atoms with Gasteiger partial charge in [-0.05, 0) is 6.07 Å². The molecule has 5 heteroatoms. The van der Waals surface area contributed by atoms with Crippen LogP contribution in [0.2, 0.25) is 5.15 Å². The van der Waals surface area contributed by atoms with Gasteiger partial charge in [0.2, 0.25) is 5.88 Å². The number of hydrogen-bond donors (Lipinski definition) is 0. The number of aromatic nitrogens is 3. The molecule has 0 aliphatic carbocycles. The van der Waals surface area contributed by atoms with Crippen LogP contribution in [0.3, 0.4) is 0 Å². The maximum Gasteiger partial charge on any atom is 0.212 e. The number of pyridine rings is 1. The van der Waals surface area contributed by atoms with Gasteiger partial charge < -0.3 is 4.74 Å². The summed E-state index contributed by atoms with van der Waals surface area (Å²) in [5.41, 5.74) is 2.50. The molecular weight excluding hydrogens is 286 g/mol. The van der Waals surface area contributed by atoms with E-state index in [4.69, 9.17) is 16.3 Å². The molecule has 0 amide bonds. The minimum atomic E-state index is 0.398. The molecule has 0 unspecified atom stereocenters. The second-order valence-corrected chi connectivity index (χ2v) is 4.74. The summed E-state index contributed by atoms with van der Waals surface area (Å²) in [6.45, 7) is 0. The van der Waals surface area contributed by atoms with Gasteiger partial charge in [-0.25, -0.2) is 15.0 Å². The summed E-state index contributed by atoms with van der Waals surface area (Å²) in [5.74, 6) is 1.15. The van der Waals surface area contributed by atoms with Gasteiger partial charge in [-0.1, -0.05) is 41.9 Å². The van der Waals surface area contributed by atoms with Gasteiger partial charge in [-0.2, -0.15) is 0 Å². The van der Waals surface area contributed by atoms with Crippen molar-refractivity contribution < 1.29 is 4.74 Å². The van der Waals surface area contributed by atoms with Crippen LogP contribution in [0.25, 0.3) is 22.6 Å². The fourth-order valence-electron chi connectivity index (χ4n) is 1.93. The number of ether oxygens (including phenoxy) is 1. The number of rotatable bonds is 3. The maximum atomic E-state index is 6.11. The Hall–Kier alpha value is -2.46. The molecule has 0 spiro atoms. The van der Waals surface area contributed by atoms with E-state index in [1.54, 1.807) is 25.4 Å². The van der Waals surface area contributed by atoms with Crippen molar-refractivity contribution in [2.75, 3.05) is 7.11 Å². The van der Waals surface area contributed by atoms with Crippen molar-refractivity contribution in [1.29, 1.82) is 0 Å². The molecule has 0 radical (unpaired) electrons. The summed E-state index contributed by atoms with van der Waals surface area (Å²) in [6, 6.07) is 15.1. The molecule has 0 fully saturated rings. The van der Waals surface area contributed by atoms with Gasteiger partial charge in [0.25, 0.3) is 0 Å². The molecular formula is C16H12ClN3O. The Balaban J connectivity index is 2.05. The largest absolute Gasteiger partial charge is 0.481 e. The van der Waals surface area contributed by atoms with Gasteiger partial charge >= 0.3 is 0 Å². The van der Waals surface area contributed by atoms with Crippen molar-refractivity contribution in [1.82, 2.24) is 15.0 Å². The van der Waals surface area contributed by atoms with Gasteiger partial charge in [0, 0.05) is 29.5 Å². The molecule has 0 aliphatic rings. The molecule has 4 nitrogen and oxygen atoms in total. The van der Waals surface area contributed by atoms with Crippen molar-refractivity contribution in [2.24, 2.45) is 0 Å². The lowest BCUT2D eigenvalue weighted by atomic mass is 10.2. The van der Waals surface area contributed by atoms with Crippen LogP contribution in [0.15, 0.2) is 54.7 Å². The molecule has 3 rings (SSSR count). The van der Waals surface area contributed by atoms with Crippen LogP contribution >= 0.6 is 11.6 Å². The van der Waals surface area contributed by atoms with Crippen LogP contribution in [0.4, 0.5) is 0 Å². The van der Waals surface area contributed by atoms with E-state index < -0.39 is 0 Å². The maximum absolute atomic E-state index is 6.11. The molecule has 2 heterocycles. The third kappa shape index (κ3) is 3.01. The van der Waals surface area contributed by atoms with Gasteiger partial charge in [0.05, 0.1) is 12.8 Å². The number of halogens is 1. The molecule has 3 aromatic rings. The van der Waals surface area contributed by atoms with Gasteiger partial charge in [0.1, 0.15) is 5.15 Å². The smallest absolute Gasteiger partial charge is 0.212 e. The first-order chi connectivity index (χ1) is 10.3. The summed E-state index contributed by atoms with van der Waals surface area (Å²) in [7, 11) is 1.58. The van der Waals surface area contributed by atoms with Crippen LogP contribution in [0.1, 0.15) is 0 Å². The Kier molecular flexibility index (Phi) is 3.79. The molecule has 0 atom stereocenters. The summed E-state index contributed by atoms with van der Waals surface area (Å²) in [5, 5.41) is 0.398. The van der Waals surface area contributed by atoms with E-state index in [2.05, 4.69) is 15.0 Å². The molecule has 1 aromatic carbocycles.